The van der Waals surface area contributed by atoms with E-state index >= 15 is 0 Å². The molecule has 1 atom stereocenters. The molecule has 0 spiro atoms. The Morgan fingerprint density at radius 1 is 1.42 bits per heavy atom. The van der Waals surface area contributed by atoms with E-state index in [0.29, 0.717) is 6.54 Å². The Balaban J connectivity index is 1.84. The maximum Gasteiger partial charge on any atom is 0.317 e. The number of amides is 2. The largest absolute Gasteiger partial charge is 0.392 e. The molecule has 2 aliphatic heterocycles. The summed E-state index contributed by atoms with van der Waals surface area (Å²) < 4.78 is 1.00. The van der Waals surface area contributed by atoms with Crippen LogP contribution in [0.5, 0.6) is 0 Å². The Kier molecular flexibility index (Phi) is 3.36. The van der Waals surface area contributed by atoms with Gasteiger partial charge in [0.15, 0.2) is 0 Å². The van der Waals surface area contributed by atoms with Gasteiger partial charge in [0.25, 0.3) is 0 Å². The number of halogens is 1. The quantitative estimate of drug-likeness (QED) is 0.857. The molecule has 2 saturated heterocycles. The van der Waals surface area contributed by atoms with Crippen LogP contribution in [0.15, 0.2) is 22.7 Å². The van der Waals surface area contributed by atoms with E-state index in [4.69, 9.17) is 0 Å². The number of aliphatic hydroxyl groups excluding tert-OH is 1. The van der Waals surface area contributed by atoms with Gasteiger partial charge in [-0.25, -0.2) is 4.79 Å². The lowest BCUT2D eigenvalue weighted by Gasteiger charge is -2.38. The number of anilines is 1. The van der Waals surface area contributed by atoms with Gasteiger partial charge in [0, 0.05) is 41.9 Å². The van der Waals surface area contributed by atoms with Crippen molar-refractivity contribution in [1.82, 2.24) is 10.2 Å². The van der Waals surface area contributed by atoms with Crippen LogP contribution in [-0.4, -0.2) is 48.3 Å². The fourth-order valence-electron chi connectivity index (χ4n) is 2.79. The van der Waals surface area contributed by atoms with E-state index in [1.54, 1.807) is 0 Å². The summed E-state index contributed by atoms with van der Waals surface area (Å²) in [6, 6.07) is 6.18. The van der Waals surface area contributed by atoms with Gasteiger partial charge in [-0.3, -0.25) is 0 Å². The van der Waals surface area contributed by atoms with Crippen LogP contribution >= 0.6 is 15.9 Å². The van der Waals surface area contributed by atoms with E-state index in [0.717, 1.165) is 35.4 Å². The molecule has 0 saturated carbocycles. The first-order valence-electron chi connectivity index (χ1n) is 6.38. The molecule has 0 aliphatic carbocycles. The summed E-state index contributed by atoms with van der Waals surface area (Å²) in [6.07, 6.45) is 0. The molecule has 5 nitrogen and oxygen atoms in total. The molecule has 2 N–H and O–H groups in total. The predicted molar refractivity (Wildman–Crippen MR) is 76.2 cm³/mol. The maximum absolute atomic E-state index is 11.6. The number of aliphatic hydroxyl groups is 1. The average molecular weight is 326 g/mol. The SMILES string of the molecule is O=C1NCC2CN(c3cc(Br)ccc3CO)CCN12. The van der Waals surface area contributed by atoms with E-state index in [-0.39, 0.29) is 18.7 Å². The third-order valence-electron chi connectivity index (χ3n) is 3.79. The molecule has 0 aromatic heterocycles. The summed E-state index contributed by atoms with van der Waals surface area (Å²) in [5, 5.41) is 12.3. The van der Waals surface area contributed by atoms with Gasteiger partial charge in [0.2, 0.25) is 0 Å². The van der Waals surface area contributed by atoms with Crippen molar-refractivity contribution in [3.63, 3.8) is 0 Å². The van der Waals surface area contributed by atoms with E-state index in [1.807, 2.05) is 23.1 Å². The first-order valence-corrected chi connectivity index (χ1v) is 7.17. The van der Waals surface area contributed by atoms with Crippen molar-refractivity contribution in [2.75, 3.05) is 31.1 Å². The van der Waals surface area contributed by atoms with Gasteiger partial charge in [0.05, 0.1) is 12.6 Å². The van der Waals surface area contributed by atoms with Crippen LogP contribution in [0, 0.1) is 0 Å². The highest BCUT2D eigenvalue weighted by Gasteiger charge is 2.35. The zero-order chi connectivity index (χ0) is 13.4. The Hall–Kier alpha value is -1.27. The fourth-order valence-corrected chi connectivity index (χ4v) is 3.14. The van der Waals surface area contributed by atoms with Crippen LogP contribution in [0.1, 0.15) is 5.56 Å². The van der Waals surface area contributed by atoms with Crippen LogP contribution in [0.25, 0.3) is 0 Å². The highest BCUT2D eigenvalue weighted by atomic mass is 79.9. The number of rotatable bonds is 2. The molecule has 2 amide bonds. The number of hydrogen-bond acceptors (Lipinski definition) is 3. The zero-order valence-electron chi connectivity index (χ0n) is 10.5. The monoisotopic (exact) mass is 325 g/mol. The fraction of sp³-hybridized carbons (Fsp3) is 0.462. The van der Waals surface area contributed by atoms with Crippen molar-refractivity contribution in [1.29, 1.82) is 0 Å². The smallest absolute Gasteiger partial charge is 0.317 e. The highest BCUT2D eigenvalue weighted by Crippen LogP contribution is 2.28. The zero-order valence-corrected chi connectivity index (χ0v) is 12.1. The van der Waals surface area contributed by atoms with E-state index in [1.165, 1.54) is 0 Å². The summed E-state index contributed by atoms with van der Waals surface area (Å²) in [6.45, 7) is 3.08. The van der Waals surface area contributed by atoms with Crippen molar-refractivity contribution < 1.29 is 9.90 Å². The second kappa shape index (κ2) is 5.02. The Morgan fingerprint density at radius 3 is 3.05 bits per heavy atom. The molecule has 19 heavy (non-hydrogen) atoms. The first-order chi connectivity index (χ1) is 9.19. The minimum absolute atomic E-state index is 0.0324. The molecule has 0 bridgehead atoms. The van der Waals surface area contributed by atoms with E-state index in [2.05, 4.69) is 26.1 Å². The molecule has 2 aliphatic rings. The molecule has 0 radical (unpaired) electrons. The Labute approximate surface area is 120 Å². The van der Waals surface area contributed by atoms with Gasteiger partial charge < -0.3 is 20.2 Å². The van der Waals surface area contributed by atoms with Crippen molar-refractivity contribution in [2.45, 2.75) is 12.6 Å². The van der Waals surface area contributed by atoms with E-state index in [9.17, 15) is 9.90 Å². The van der Waals surface area contributed by atoms with Crippen molar-refractivity contribution >= 4 is 27.6 Å². The summed E-state index contributed by atoms with van der Waals surface area (Å²) in [5.74, 6) is 0. The van der Waals surface area contributed by atoms with Gasteiger partial charge in [-0.15, -0.1) is 0 Å². The van der Waals surface area contributed by atoms with Crippen LogP contribution in [0.3, 0.4) is 0 Å². The summed E-state index contributed by atoms with van der Waals surface area (Å²) >= 11 is 3.47. The second-order valence-electron chi connectivity index (χ2n) is 4.91. The third kappa shape index (κ3) is 2.30. The summed E-state index contributed by atoms with van der Waals surface area (Å²) in [4.78, 5) is 15.7. The molecule has 2 fully saturated rings. The topological polar surface area (TPSA) is 55.8 Å². The average Bonchev–Trinajstić information content (AvgIpc) is 2.80. The number of nitrogens with one attached hydrogen (secondary N) is 1. The van der Waals surface area contributed by atoms with Gasteiger partial charge >= 0.3 is 6.03 Å². The van der Waals surface area contributed by atoms with Gasteiger partial charge in [0.1, 0.15) is 0 Å². The van der Waals surface area contributed by atoms with Crippen LogP contribution in [-0.2, 0) is 6.61 Å². The highest BCUT2D eigenvalue weighted by molar-refractivity contribution is 9.10. The minimum Gasteiger partial charge on any atom is -0.392 e. The summed E-state index contributed by atoms with van der Waals surface area (Å²) in [5.41, 5.74) is 1.98. The van der Waals surface area contributed by atoms with Crippen molar-refractivity contribution in [3.8, 4) is 0 Å². The van der Waals surface area contributed by atoms with E-state index < -0.39 is 0 Å². The standard InChI is InChI=1S/C13H16BrN3O2/c14-10-2-1-9(8-18)12(5-10)16-3-4-17-11(7-16)6-15-13(17)19/h1-2,5,11,18H,3-4,6-8H2,(H,15,19). The number of carbonyl (C=O) groups is 1. The van der Waals surface area contributed by atoms with Crippen molar-refractivity contribution in [3.05, 3.63) is 28.2 Å². The van der Waals surface area contributed by atoms with Crippen LogP contribution in [0.4, 0.5) is 10.5 Å². The maximum atomic E-state index is 11.6. The lowest BCUT2D eigenvalue weighted by Crippen LogP contribution is -2.52. The molecule has 1 aromatic rings. The normalized spacial score (nSPS) is 22.4. The number of hydrogen-bond donors (Lipinski definition) is 2. The molecule has 1 aromatic carbocycles. The molecule has 102 valence electrons. The van der Waals surface area contributed by atoms with Crippen LogP contribution in [0.2, 0.25) is 0 Å². The molecule has 1 unspecified atom stereocenters. The van der Waals surface area contributed by atoms with Gasteiger partial charge in [-0.05, 0) is 12.1 Å². The van der Waals surface area contributed by atoms with Crippen molar-refractivity contribution in [2.24, 2.45) is 0 Å². The Bertz CT molecular complexity index is 509. The lowest BCUT2D eigenvalue weighted by molar-refractivity contribution is 0.197. The second-order valence-corrected chi connectivity index (χ2v) is 5.83. The van der Waals surface area contributed by atoms with Crippen LogP contribution < -0.4 is 10.2 Å². The summed E-state index contributed by atoms with van der Waals surface area (Å²) in [7, 11) is 0. The molecule has 3 rings (SSSR count). The molecule has 6 heteroatoms. The molecule has 2 heterocycles. The number of benzene rings is 1. The number of fused-ring (bicyclic) bond motifs is 1. The number of urea groups is 1. The number of carbonyl (C=O) groups excluding carboxylic acids is 1. The lowest BCUT2D eigenvalue weighted by atomic mass is 10.1. The van der Waals surface area contributed by atoms with Gasteiger partial charge in [-0.1, -0.05) is 22.0 Å². The number of nitrogens with zero attached hydrogens (tertiary/aromatic N) is 2. The van der Waals surface area contributed by atoms with Gasteiger partial charge in [-0.2, -0.15) is 0 Å². The Morgan fingerprint density at radius 2 is 2.26 bits per heavy atom. The third-order valence-corrected chi connectivity index (χ3v) is 4.28. The number of piperazine rings is 1. The minimum atomic E-state index is 0.0324. The predicted octanol–water partition coefficient (Wildman–Crippen LogP) is 1.16. The molecular weight excluding hydrogens is 310 g/mol. The first kappa shape index (κ1) is 12.7. The molecular formula is C13H16BrN3O2.